The molecule has 162 valence electrons. The van der Waals surface area contributed by atoms with Gasteiger partial charge in [0.15, 0.2) is 23.2 Å². The highest BCUT2D eigenvalue weighted by molar-refractivity contribution is 6.02. The number of nitrogens with one attached hydrogen (secondary N) is 3. The summed E-state index contributed by atoms with van der Waals surface area (Å²) >= 11 is 0. The molecule has 0 radical (unpaired) electrons. The molecule has 8 heteroatoms. The number of hydrogen-bond acceptors (Lipinski definition) is 5. The molecule has 0 aliphatic carbocycles. The van der Waals surface area contributed by atoms with E-state index in [0.717, 1.165) is 11.1 Å². The predicted molar refractivity (Wildman–Crippen MR) is 120 cm³/mol. The lowest BCUT2D eigenvalue weighted by molar-refractivity contribution is 0.0996. The van der Waals surface area contributed by atoms with Gasteiger partial charge < -0.3 is 29.8 Å². The fourth-order valence-electron chi connectivity index (χ4n) is 2.89. The van der Waals surface area contributed by atoms with Gasteiger partial charge in [0, 0.05) is 25.8 Å². The lowest BCUT2D eigenvalue weighted by Crippen LogP contribution is -2.36. The van der Waals surface area contributed by atoms with Crippen molar-refractivity contribution in [2.75, 3.05) is 26.6 Å². The molecule has 31 heavy (non-hydrogen) atoms. The summed E-state index contributed by atoms with van der Waals surface area (Å²) in [5, 5.41) is 9.34. The maximum Gasteiger partial charge on any atom is 0.291 e. The third kappa shape index (κ3) is 6.02. The van der Waals surface area contributed by atoms with Gasteiger partial charge in [0.2, 0.25) is 0 Å². The largest absolute Gasteiger partial charge is 0.493 e. The van der Waals surface area contributed by atoms with Gasteiger partial charge in [-0.3, -0.25) is 9.79 Å². The first kappa shape index (κ1) is 21.8. The fourth-order valence-corrected chi connectivity index (χ4v) is 2.89. The SMILES string of the molecule is CN=C(NCc1ccc(NC(=O)c2ccco2)cc1)NCc1ccc(OC)c(OC)c1. The van der Waals surface area contributed by atoms with Gasteiger partial charge in [-0.15, -0.1) is 0 Å². The Morgan fingerprint density at radius 1 is 0.935 bits per heavy atom. The number of ether oxygens (including phenoxy) is 2. The van der Waals surface area contributed by atoms with Crippen LogP contribution in [0.4, 0.5) is 5.69 Å². The number of anilines is 1. The standard InChI is InChI=1S/C23H26N4O4/c1-24-23(26-15-17-8-11-19(29-2)21(13-17)30-3)25-14-16-6-9-18(10-7-16)27-22(28)20-5-4-12-31-20/h4-13H,14-15H2,1-3H3,(H,27,28)(H2,24,25,26). The number of guanidine groups is 1. The Balaban J connectivity index is 1.49. The van der Waals surface area contributed by atoms with Crippen LogP contribution >= 0.6 is 0 Å². The van der Waals surface area contributed by atoms with Gasteiger partial charge >= 0.3 is 0 Å². The van der Waals surface area contributed by atoms with Crippen LogP contribution in [-0.2, 0) is 13.1 Å². The van der Waals surface area contributed by atoms with E-state index < -0.39 is 0 Å². The maximum atomic E-state index is 12.0. The quantitative estimate of drug-likeness (QED) is 0.380. The zero-order chi connectivity index (χ0) is 22.1. The number of furan rings is 1. The average molecular weight is 422 g/mol. The minimum Gasteiger partial charge on any atom is -0.493 e. The van der Waals surface area contributed by atoms with Gasteiger partial charge in [-0.05, 0) is 47.5 Å². The summed E-state index contributed by atoms with van der Waals surface area (Å²) in [6, 6.07) is 16.6. The Morgan fingerprint density at radius 2 is 1.61 bits per heavy atom. The Kier molecular flexibility index (Phi) is 7.53. The number of carbonyl (C=O) groups excluding carboxylic acids is 1. The number of aliphatic imine (C=N–C) groups is 1. The Labute approximate surface area is 181 Å². The van der Waals surface area contributed by atoms with Crippen molar-refractivity contribution >= 4 is 17.6 Å². The van der Waals surface area contributed by atoms with Crippen molar-refractivity contribution in [2.45, 2.75) is 13.1 Å². The molecule has 0 spiro atoms. The number of carbonyl (C=O) groups is 1. The van der Waals surface area contributed by atoms with Crippen LogP contribution in [0.2, 0.25) is 0 Å². The number of methoxy groups -OCH3 is 2. The van der Waals surface area contributed by atoms with Crippen LogP contribution in [0.3, 0.4) is 0 Å². The van der Waals surface area contributed by atoms with E-state index in [0.29, 0.717) is 36.2 Å². The van der Waals surface area contributed by atoms with E-state index in [1.54, 1.807) is 33.4 Å². The first-order chi connectivity index (χ1) is 15.1. The number of hydrogen-bond donors (Lipinski definition) is 3. The monoisotopic (exact) mass is 422 g/mol. The molecule has 3 N–H and O–H groups in total. The molecule has 0 atom stereocenters. The molecular formula is C23H26N4O4. The highest BCUT2D eigenvalue weighted by atomic mass is 16.5. The molecule has 0 unspecified atom stereocenters. The third-order valence-electron chi connectivity index (χ3n) is 4.55. The van der Waals surface area contributed by atoms with E-state index in [-0.39, 0.29) is 11.7 Å². The van der Waals surface area contributed by atoms with E-state index in [9.17, 15) is 4.79 Å². The Bertz CT molecular complexity index is 1010. The minimum atomic E-state index is -0.282. The summed E-state index contributed by atoms with van der Waals surface area (Å²) in [5.74, 6) is 2.04. The third-order valence-corrected chi connectivity index (χ3v) is 4.55. The summed E-state index contributed by atoms with van der Waals surface area (Å²) in [7, 11) is 4.95. The molecule has 3 aromatic rings. The van der Waals surface area contributed by atoms with Crippen molar-refractivity contribution in [2.24, 2.45) is 4.99 Å². The first-order valence-electron chi connectivity index (χ1n) is 9.72. The second-order valence-corrected chi connectivity index (χ2v) is 6.60. The van der Waals surface area contributed by atoms with Gasteiger partial charge in [-0.2, -0.15) is 0 Å². The maximum absolute atomic E-state index is 12.0. The molecule has 3 rings (SSSR count). The van der Waals surface area contributed by atoms with Crippen LogP contribution in [0, 0.1) is 0 Å². The summed E-state index contributed by atoms with van der Waals surface area (Å²) in [5.41, 5.74) is 2.78. The lowest BCUT2D eigenvalue weighted by Gasteiger charge is -2.14. The van der Waals surface area contributed by atoms with Crippen molar-refractivity contribution in [1.29, 1.82) is 0 Å². The van der Waals surface area contributed by atoms with Crippen molar-refractivity contribution in [1.82, 2.24) is 10.6 Å². The molecule has 0 aliphatic rings. The molecule has 8 nitrogen and oxygen atoms in total. The molecule has 0 saturated heterocycles. The van der Waals surface area contributed by atoms with Crippen molar-refractivity contribution in [3.8, 4) is 11.5 Å². The zero-order valence-corrected chi connectivity index (χ0v) is 17.8. The Morgan fingerprint density at radius 3 is 2.23 bits per heavy atom. The zero-order valence-electron chi connectivity index (χ0n) is 17.8. The predicted octanol–water partition coefficient (Wildman–Crippen LogP) is 3.41. The summed E-state index contributed by atoms with van der Waals surface area (Å²) < 4.78 is 15.7. The molecule has 0 bridgehead atoms. The van der Waals surface area contributed by atoms with Crippen molar-refractivity contribution in [3.63, 3.8) is 0 Å². The average Bonchev–Trinajstić information content (AvgIpc) is 3.35. The minimum absolute atomic E-state index is 0.273. The van der Waals surface area contributed by atoms with Crippen LogP contribution in [0.15, 0.2) is 70.3 Å². The Hall–Kier alpha value is -3.94. The summed E-state index contributed by atoms with van der Waals surface area (Å²) in [4.78, 5) is 16.3. The highest BCUT2D eigenvalue weighted by Crippen LogP contribution is 2.27. The van der Waals surface area contributed by atoms with E-state index in [1.807, 2.05) is 42.5 Å². The summed E-state index contributed by atoms with van der Waals surface area (Å²) in [6.45, 7) is 1.16. The molecule has 1 amide bonds. The number of amides is 1. The van der Waals surface area contributed by atoms with Crippen molar-refractivity contribution in [3.05, 3.63) is 77.7 Å². The second kappa shape index (κ2) is 10.7. The van der Waals surface area contributed by atoms with Gasteiger partial charge in [0.1, 0.15) is 0 Å². The second-order valence-electron chi connectivity index (χ2n) is 6.60. The van der Waals surface area contributed by atoms with Crippen LogP contribution in [0.1, 0.15) is 21.7 Å². The lowest BCUT2D eigenvalue weighted by atomic mass is 10.2. The highest BCUT2D eigenvalue weighted by Gasteiger charge is 2.09. The smallest absolute Gasteiger partial charge is 0.291 e. The number of nitrogens with zero attached hydrogens (tertiary/aromatic N) is 1. The van der Waals surface area contributed by atoms with Crippen LogP contribution < -0.4 is 25.4 Å². The molecule has 2 aromatic carbocycles. The van der Waals surface area contributed by atoms with Gasteiger partial charge in [0.25, 0.3) is 5.91 Å². The van der Waals surface area contributed by atoms with E-state index in [1.165, 1.54) is 6.26 Å². The molecule has 0 fully saturated rings. The molecular weight excluding hydrogens is 396 g/mol. The van der Waals surface area contributed by atoms with E-state index >= 15 is 0 Å². The normalized spacial score (nSPS) is 11.0. The topological polar surface area (TPSA) is 97.1 Å². The summed E-state index contributed by atoms with van der Waals surface area (Å²) in [6.07, 6.45) is 1.47. The van der Waals surface area contributed by atoms with Gasteiger partial charge in [0.05, 0.1) is 20.5 Å². The van der Waals surface area contributed by atoms with Crippen molar-refractivity contribution < 1.29 is 18.7 Å². The molecule has 0 aliphatic heterocycles. The molecule has 0 saturated carbocycles. The van der Waals surface area contributed by atoms with E-state index in [2.05, 4.69) is 20.9 Å². The van der Waals surface area contributed by atoms with Crippen LogP contribution in [0.5, 0.6) is 11.5 Å². The molecule has 1 aromatic heterocycles. The van der Waals surface area contributed by atoms with Crippen LogP contribution in [0.25, 0.3) is 0 Å². The fraction of sp³-hybridized carbons (Fsp3) is 0.217. The molecule has 1 heterocycles. The van der Waals surface area contributed by atoms with E-state index in [4.69, 9.17) is 13.9 Å². The van der Waals surface area contributed by atoms with Gasteiger partial charge in [-0.1, -0.05) is 18.2 Å². The number of rotatable bonds is 8. The van der Waals surface area contributed by atoms with Gasteiger partial charge in [-0.25, -0.2) is 0 Å². The first-order valence-corrected chi connectivity index (χ1v) is 9.72. The van der Waals surface area contributed by atoms with Crippen LogP contribution in [-0.4, -0.2) is 33.1 Å². The number of benzene rings is 2.